The number of rotatable bonds is 7. The number of benzene rings is 7. The maximum absolute atomic E-state index is 6.51. The maximum atomic E-state index is 6.51. The van der Waals surface area contributed by atoms with Crippen molar-refractivity contribution in [3.05, 3.63) is 182 Å². The summed E-state index contributed by atoms with van der Waals surface area (Å²) in [5.74, 6) is 3.22. The minimum atomic E-state index is 0.573. The van der Waals surface area contributed by atoms with E-state index in [1.807, 2.05) is 97.1 Å². The second kappa shape index (κ2) is 12.6. The van der Waals surface area contributed by atoms with Crippen molar-refractivity contribution in [1.82, 2.24) is 19.5 Å². The van der Waals surface area contributed by atoms with Crippen molar-refractivity contribution in [1.29, 1.82) is 0 Å². The molecule has 0 aliphatic heterocycles. The van der Waals surface area contributed by atoms with Gasteiger partial charge in [-0.1, -0.05) is 133 Å². The molecule has 7 aromatic carbocycles. The van der Waals surface area contributed by atoms with Gasteiger partial charge in [-0.2, -0.15) is 0 Å². The molecular weight excluding hydrogens is 613 g/mol. The van der Waals surface area contributed by atoms with Crippen LogP contribution in [0.25, 0.3) is 72.8 Å². The zero-order chi connectivity index (χ0) is 33.3. The quantitative estimate of drug-likeness (QED) is 0.174. The van der Waals surface area contributed by atoms with E-state index < -0.39 is 0 Å². The largest absolute Gasteiger partial charge is 0.457 e. The van der Waals surface area contributed by atoms with Gasteiger partial charge in [-0.25, -0.2) is 15.0 Å². The lowest BCUT2D eigenvalue weighted by Gasteiger charge is -2.12. The molecule has 5 heteroatoms. The average Bonchev–Trinajstić information content (AvgIpc) is 3.53. The molecule has 0 aliphatic rings. The second-order valence-corrected chi connectivity index (χ2v) is 12.1. The van der Waals surface area contributed by atoms with Crippen LogP contribution in [0.5, 0.6) is 11.5 Å². The van der Waals surface area contributed by atoms with Crippen LogP contribution < -0.4 is 4.74 Å². The SMILES string of the molecule is c1ccc(-c2cccc(-c3nc(-c4ccccc4)nc(-c4cccc(Oc5cccc(-n6c7ccccc7c7ccccc76)c5)c4)n3)c2)cc1. The Morgan fingerprint density at radius 2 is 0.800 bits per heavy atom. The standard InChI is InChI=1S/C45H30N4O/c1-3-14-31(15-4-1)33-18-11-19-34(28-33)44-46-43(32-16-5-2-6-17-32)47-45(48-44)35-20-12-22-37(29-35)50-38-23-13-21-36(30-38)49-41-26-9-7-24-39(41)40-25-8-10-27-42(40)49/h1-30H. The van der Waals surface area contributed by atoms with E-state index in [2.05, 4.69) is 89.5 Å². The highest BCUT2D eigenvalue weighted by Gasteiger charge is 2.15. The molecule has 0 aliphatic carbocycles. The van der Waals surface area contributed by atoms with Crippen LogP contribution in [0.15, 0.2) is 182 Å². The summed E-state index contributed by atoms with van der Waals surface area (Å²) in [7, 11) is 0. The molecule has 0 unspecified atom stereocenters. The lowest BCUT2D eigenvalue weighted by atomic mass is 10.0. The molecule has 0 saturated carbocycles. The molecule has 50 heavy (non-hydrogen) atoms. The van der Waals surface area contributed by atoms with Crippen LogP contribution in [0.3, 0.4) is 0 Å². The summed E-state index contributed by atoms with van der Waals surface area (Å²) in [5, 5.41) is 2.45. The Bertz CT molecular complexity index is 2580. The summed E-state index contributed by atoms with van der Waals surface area (Å²) >= 11 is 0. The lowest BCUT2D eigenvalue weighted by molar-refractivity contribution is 0.482. The summed E-state index contributed by atoms with van der Waals surface area (Å²) in [4.78, 5) is 14.9. The van der Waals surface area contributed by atoms with Gasteiger partial charge in [0.25, 0.3) is 0 Å². The van der Waals surface area contributed by atoms with Crippen molar-refractivity contribution in [3.63, 3.8) is 0 Å². The Morgan fingerprint density at radius 3 is 1.46 bits per heavy atom. The molecule has 0 amide bonds. The van der Waals surface area contributed by atoms with Gasteiger partial charge in [-0.15, -0.1) is 0 Å². The molecule has 0 N–H and O–H groups in total. The van der Waals surface area contributed by atoms with Crippen molar-refractivity contribution < 1.29 is 4.74 Å². The third-order valence-electron chi connectivity index (χ3n) is 8.88. The van der Waals surface area contributed by atoms with E-state index in [1.165, 1.54) is 10.8 Å². The fourth-order valence-corrected chi connectivity index (χ4v) is 6.54. The normalized spacial score (nSPS) is 11.2. The van der Waals surface area contributed by atoms with Crippen LogP contribution in [-0.4, -0.2) is 19.5 Å². The predicted molar refractivity (Wildman–Crippen MR) is 202 cm³/mol. The van der Waals surface area contributed by atoms with Crippen LogP contribution in [0, 0.1) is 0 Å². The van der Waals surface area contributed by atoms with Crippen molar-refractivity contribution >= 4 is 21.8 Å². The first-order valence-corrected chi connectivity index (χ1v) is 16.6. The molecule has 0 bridgehead atoms. The monoisotopic (exact) mass is 642 g/mol. The van der Waals surface area contributed by atoms with Crippen molar-refractivity contribution in [2.75, 3.05) is 0 Å². The molecule has 0 atom stereocenters. The van der Waals surface area contributed by atoms with Gasteiger partial charge in [0.15, 0.2) is 17.5 Å². The van der Waals surface area contributed by atoms with Crippen LogP contribution in [0.2, 0.25) is 0 Å². The fraction of sp³-hybridized carbons (Fsp3) is 0. The molecule has 2 heterocycles. The molecule has 236 valence electrons. The van der Waals surface area contributed by atoms with Crippen molar-refractivity contribution in [2.45, 2.75) is 0 Å². The summed E-state index contributed by atoms with van der Waals surface area (Å²) < 4.78 is 8.80. The summed E-state index contributed by atoms with van der Waals surface area (Å²) in [6.07, 6.45) is 0. The number of fused-ring (bicyclic) bond motifs is 3. The molecular formula is C45H30N4O. The van der Waals surface area contributed by atoms with Gasteiger partial charge in [0.2, 0.25) is 0 Å². The van der Waals surface area contributed by atoms with Gasteiger partial charge in [0, 0.05) is 39.2 Å². The summed E-state index contributed by atoms with van der Waals surface area (Å²) in [6.45, 7) is 0. The maximum Gasteiger partial charge on any atom is 0.164 e. The van der Waals surface area contributed by atoms with E-state index in [0.29, 0.717) is 23.2 Å². The highest BCUT2D eigenvalue weighted by Crippen LogP contribution is 2.34. The molecule has 0 radical (unpaired) electrons. The number of para-hydroxylation sites is 2. The molecule has 9 rings (SSSR count). The van der Waals surface area contributed by atoms with Crippen LogP contribution in [0.1, 0.15) is 0 Å². The molecule has 2 aromatic heterocycles. The second-order valence-electron chi connectivity index (χ2n) is 12.1. The van der Waals surface area contributed by atoms with E-state index in [0.717, 1.165) is 50.3 Å². The predicted octanol–water partition coefficient (Wildman–Crippen LogP) is 11.4. The lowest BCUT2D eigenvalue weighted by Crippen LogP contribution is -2.00. The number of aromatic nitrogens is 4. The Labute approximate surface area is 289 Å². The van der Waals surface area contributed by atoms with Gasteiger partial charge in [0.05, 0.1) is 11.0 Å². The van der Waals surface area contributed by atoms with Gasteiger partial charge in [-0.05, 0) is 53.6 Å². The summed E-state index contributed by atoms with van der Waals surface area (Å²) in [5.41, 5.74) is 8.25. The Hall–Kier alpha value is -6.85. The fourth-order valence-electron chi connectivity index (χ4n) is 6.54. The number of nitrogens with zero attached hydrogens (tertiary/aromatic N) is 4. The third kappa shape index (κ3) is 5.57. The molecule has 5 nitrogen and oxygen atoms in total. The molecule has 0 spiro atoms. The van der Waals surface area contributed by atoms with E-state index in [9.17, 15) is 0 Å². The van der Waals surface area contributed by atoms with E-state index in [-0.39, 0.29) is 0 Å². The highest BCUT2D eigenvalue weighted by molar-refractivity contribution is 6.09. The van der Waals surface area contributed by atoms with E-state index >= 15 is 0 Å². The van der Waals surface area contributed by atoms with Gasteiger partial charge < -0.3 is 9.30 Å². The minimum absolute atomic E-state index is 0.573. The van der Waals surface area contributed by atoms with E-state index in [1.54, 1.807) is 0 Å². The molecule has 0 fully saturated rings. The number of hydrogen-bond donors (Lipinski definition) is 0. The van der Waals surface area contributed by atoms with Gasteiger partial charge in [-0.3, -0.25) is 0 Å². The molecule has 9 aromatic rings. The third-order valence-corrected chi connectivity index (χ3v) is 8.88. The van der Waals surface area contributed by atoms with Crippen LogP contribution >= 0.6 is 0 Å². The molecule has 0 saturated heterocycles. The van der Waals surface area contributed by atoms with Crippen molar-refractivity contribution in [3.8, 4) is 62.5 Å². The number of ether oxygens (including phenoxy) is 1. The topological polar surface area (TPSA) is 52.8 Å². The van der Waals surface area contributed by atoms with Gasteiger partial charge >= 0.3 is 0 Å². The van der Waals surface area contributed by atoms with Crippen LogP contribution in [0.4, 0.5) is 0 Å². The first-order chi connectivity index (χ1) is 24.8. The Kier molecular flexibility index (Phi) is 7.41. The Balaban J connectivity index is 1.09. The average molecular weight is 643 g/mol. The zero-order valence-electron chi connectivity index (χ0n) is 27.0. The van der Waals surface area contributed by atoms with E-state index in [4.69, 9.17) is 19.7 Å². The van der Waals surface area contributed by atoms with Gasteiger partial charge in [0.1, 0.15) is 11.5 Å². The van der Waals surface area contributed by atoms with Crippen LogP contribution in [-0.2, 0) is 0 Å². The zero-order valence-corrected chi connectivity index (χ0v) is 27.0. The van der Waals surface area contributed by atoms with Crippen molar-refractivity contribution in [2.24, 2.45) is 0 Å². The number of hydrogen-bond acceptors (Lipinski definition) is 4. The smallest absolute Gasteiger partial charge is 0.164 e. The summed E-state index contributed by atoms with van der Waals surface area (Å²) in [6, 6.07) is 61.9. The first kappa shape index (κ1) is 29.3. The first-order valence-electron chi connectivity index (χ1n) is 16.6. The Morgan fingerprint density at radius 1 is 0.340 bits per heavy atom. The highest BCUT2D eigenvalue weighted by atomic mass is 16.5. The minimum Gasteiger partial charge on any atom is -0.457 e.